The van der Waals surface area contributed by atoms with E-state index in [4.69, 9.17) is 55.9 Å². The van der Waals surface area contributed by atoms with E-state index in [-0.39, 0.29) is 18.1 Å². The van der Waals surface area contributed by atoms with Gasteiger partial charge in [0.1, 0.15) is 16.7 Å². The second kappa shape index (κ2) is 9.27. The first-order valence-electron chi connectivity index (χ1n) is 9.21. The van der Waals surface area contributed by atoms with Crippen LogP contribution in [0.3, 0.4) is 0 Å². The van der Waals surface area contributed by atoms with E-state index in [1.165, 1.54) is 0 Å². The van der Waals surface area contributed by atoms with E-state index in [2.05, 4.69) is 0 Å². The minimum Gasteiger partial charge on any atom is -0.490 e. The van der Waals surface area contributed by atoms with Crippen LogP contribution in [0.2, 0.25) is 10.0 Å². The summed E-state index contributed by atoms with van der Waals surface area (Å²) in [5.41, 5.74) is 2.30. The number of carbonyl (C=O) groups is 1. The molecule has 0 aromatic heterocycles. The Balaban J connectivity index is 1.74. The van der Waals surface area contributed by atoms with Crippen LogP contribution in [0.25, 0.3) is 5.57 Å². The van der Waals surface area contributed by atoms with Crippen LogP contribution in [0.1, 0.15) is 31.4 Å². The fourth-order valence-corrected chi connectivity index (χ4v) is 4.12. The summed E-state index contributed by atoms with van der Waals surface area (Å²) in [5, 5.41) is 10.2. The number of alkyl halides is 2. The summed E-state index contributed by atoms with van der Waals surface area (Å²) in [4.78, 5) is 11.7. The van der Waals surface area contributed by atoms with E-state index in [1.807, 2.05) is 12.1 Å². The Morgan fingerprint density at radius 2 is 1.73 bits per heavy atom. The molecule has 0 bridgehead atoms. The first-order chi connectivity index (χ1) is 14.1. The highest BCUT2D eigenvalue weighted by Gasteiger charge is 2.52. The molecule has 0 saturated heterocycles. The summed E-state index contributed by atoms with van der Waals surface area (Å²) in [7, 11) is 0. The fourth-order valence-electron chi connectivity index (χ4n) is 3.04. The number of aliphatic carboxylic acids is 1. The first-order valence-corrected chi connectivity index (χ1v) is 10.7. The number of allylic oxidation sites excluding steroid dienone is 1. The molecular formula is C22H20Cl4O4. The predicted octanol–water partition coefficient (Wildman–Crippen LogP) is 7.02. The third kappa shape index (κ3) is 5.36. The Morgan fingerprint density at radius 3 is 2.27 bits per heavy atom. The molecule has 1 N–H and O–H groups in total. The molecule has 0 heterocycles. The zero-order valence-corrected chi connectivity index (χ0v) is 19.4. The average Bonchev–Trinajstić information content (AvgIpc) is 3.26. The van der Waals surface area contributed by atoms with Crippen molar-refractivity contribution in [1.82, 2.24) is 0 Å². The van der Waals surface area contributed by atoms with E-state index in [0.29, 0.717) is 45.7 Å². The summed E-state index contributed by atoms with van der Waals surface area (Å²) in [6, 6.07) is 10.4. The maximum absolute atomic E-state index is 11.7. The Bertz CT molecular complexity index is 973. The fraction of sp³-hybridized carbons (Fsp3) is 0.318. The topological polar surface area (TPSA) is 55.8 Å². The molecule has 1 atom stereocenters. The van der Waals surface area contributed by atoms with Gasteiger partial charge in [-0.1, -0.05) is 53.0 Å². The third-order valence-electron chi connectivity index (χ3n) is 4.75. The van der Waals surface area contributed by atoms with Crippen molar-refractivity contribution in [2.45, 2.75) is 31.2 Å². The average molecular weight is 490 g/mol. The number of hydrogen-bond acceptors (Lipinski definition) is 3. The molecule has 0 amide bonds. The number of rotatable bonds is 8. The summed E-state index contributed by atoms with van der Waals surface area (Å²) in [5.74, 6) is -0.154. The number of ether oxygens (including phenoxy) is 2. The van der Waals surface area contributed by atoms with Gasteiger partial charge in [0.25, 0.3) is 0 Å². The van der Waals surface area contributed by atoms with E-state index < -0.39 is 10.3 Å². The van der Waals surface area contributed by atoms with E-state index in [9.17, 15) is 9.90 Å². The molecule has 4 nitrogen and oxygen atoms in total. The lowest BCUT2D eigenvalue weighted by Crippen LogP contribution is -2.07. The van der Waals surface area contributed by atoms with Gasteiger partial charge in [-0.3, -0.25) is 0 Å². The van der Waals surface area contributed by atoms with Crippen LogP contribution in [0.5, 0.6) is 11.5 Å². The molecule has 160 valence electrons. The Labute approximate surface area is 195 Å². The van der Waals surface area contributed by atoms with Gasteiger partial charge in [-0.05, 0) is 31.4 Å². The Morgan fingerprint density at radius 1 is 1.13 bits per heavy atom. The summed E-state index contributed by atoms with van der Waals surface area (Å²) in [6.07, 6.45) is 0.663. The quantitative estimate of drug-likeness (QED) is 0.319. The molecular weight excluding hydrogens is 470 g/mol. The molecule has 2 aromatic rings. The second-order valence-corrected chi connectivity index (χ2v) is 9.67. The van der Waals surface area contributed by atoms with Crippen LogP contribution in [0.15, 0.2) is 42.0 Å². The molecule has 8 heteroatoms. The first kappa shape index (κ1) is 23.1. The molecule has 1 fully saturated rings. The molecule has 1 aliphatic rings. The van der Waals surface area contributed by atoms with E-state index >= 15 is 0 Å². The number of benzene rings is 2. The van der Waals surface area contributed by atoms with Crippen molar-refractivity contribution in [2.75, 3.05) is 6.61 Å². The summed E-state index contributed by atoms with van der Waals surface area (Å²) < 4.78 is 10.8. The molecule has 1 aliphatic carbocycles. The van der Waals surface area contributed by atoms with Crippen LogP contribution in [0, 0.1) is 5.92 Å². The summed E-state index contributed by atoms with van der Waals surface area (Å²) in [6.45, 7) is 4.00. The van der Waals surface area contributed by atoms with E-state index in [0.717, 1.165) is 5.56 Å². The SMILES string of the molecule is CC(C)=C(C(=O)O)c1ccccc1COc1cc(Cl)c(OCC2CC2(Cl)Cl)c(Cl)c1. The van der Waals surface area contributed by atoms with Crippen LogP contribution in [-0.2, 0) is 11.4 Å². The lowest BCUT2D eigenvalue weighted by molar-refractivity contribution is -0.130. The highest BCUT2D eigenvalue weighted by atomic mass is 35.5. The van der Waals surface area contributed by atoms with Gasteiger partial charge in [0.15, 0.2) is 5.75 Å². The van der Waals surface area contributed by atoms with Crippen molar-refractivity contribution in [1.29, 1.82) is 0 Å². The minimum atomic E-state index is -0.983. The molecule has 2 aromatic carbocycles. The molecule has 1 saturated carbocycles. The molecule has 1 unspecified atom stereocenters. The van der Waals surface area contributed by atoms with Gasteiger partial charge in [-0.2, -0.15) is 0 Å². The summed E-state index contributed by atoms with van der Waals surface area (Å²) >= 11 is 24.7. The number of hydrogen-bond donors (Lipinski definition) is 1. The predicted molar refractivity (Wildman–Crippen MR) is 121 cm³/mol. The lowest BCUT2D eigenvalue weighted by atomic mass is 9.97. The standard InChI is InChI=1S/C22H20Cl4O4/c1-12(2)19(21(27)28)16-6-4-3-5-13(16)10-29-15-7-17(23)20(18(24)8-15)30-11-14-9-22(14,25)26/h3-8,14H,9-11H2,1-2H3,(H,27,28). The highest BCUT2D eigenvalue weighted by Crippen LogP contribution is 2.53. The number of halogens is 4. The van der Waals surface area contributed by atoms with Gasteiger partial charge in [0.05, 0.1) is 22.2 Å². The third-order valence-corrected chi connectivity index (χ3v) is 6.24. The van der Waals surface area contributed by atoms with Crippen molar-refractivity contribution in [2.24, 2.45) is 5.92 Å². The molecule has 0 spiro atoms. The zero-order chi connectivity index (χ0) is 22.1. The number of carboxylic acid groups (broad SMARTS) is 1. The van der Waals surface area contributed by atoms with Gasteiger partial charge in [-0.15, -0.1) is 23.2 Å². The van der Waals surface area contributed by atoms with Gasteiger partial charge in [-0.25, -0.2) is 4.79 Å². The van der Waals surface area contributed by atoms with Crippen molar-refractivity contribution in [3.8, 4) is 11.5 Å². The van der Waals surface area contributed by atoms with Crippen LogP contribution in [0.4, 0.5) is 0 Å². The molecule has 30 heavy (non-hydrogen) atoms. The lowest BCUT2D eigenvalue weighted by Gasteiger charge is -2.15. The van der Waals surface area contributed by atoms with Crippen molar-refractivity contribution in [3.05, 3.63) is 63.1 Å². The molecule has 0 aliphatic heterocycles. The second-order valence-electron chi connectivity index (χ2n) is 7.32. The van der Waals surface area contributed by atoms with Crippen molar-refractivity contribution < 1.29 is 19.4 Å². The van der Waals surface area contributed by atoms with E-state index in [1.54, 1.807) is 38.1 Å². The van der Waals surface area contributed by atoms with Crippen LogP contribution < -0.4 is 9.47 Å². The van der Waals surface area contributed by atoms with Crippen molar-refractivity contribution in [3.63, 3.8) is 0 Å². The largest absolute Gasteiger partial charge is 0.490 e. The van der Waals surface area contributed by atoms with Crippen LogP contribution >= 0.6 is 46.4 Å². The Kier molecular flexibility index (Phi) is 7.13. The zero-order valence-electron chi connectivity index (χ0n) is 16.3. The molecule has 3 rings (SSSR count). The van der Waals surface area contributed by atoms with Crippen LogP contribution in [-0.4, -0.2) is 22.0 Å². The minimum absolute atomic E-state index is 0.0407. The Hall–Kier alpha value is -1.59. The molecule has 0 radical (unpaired) electrons. The highest BCUT2D eigenvalue weighted by molar-refractivity contribution is 6.50. The maximum atomic E-state index is 11.7. The normalized spacial score (nSPS) is 16.7. The van der Waals surface area contributed by atoms with Gasteiger partial charge < -0.3 is 14.6 Å². The van der Waals surface area contributed by atoms with Gasteiger partial charge >= 0.3 is 5.97 Å². The number of carboxylic acids is 1. The monoisotopic (exact) mass is 488 g/mol. The van der Waals surface area contributed by atoms with Crippen molar-refractivity contribution >= 4 is 57.9 Å². The van der Waals surface area contributed by atoms with Gasteiger partial charge in [0, 0.05) is 18.1 Å². The van der Waals surface area contributed by atoms with Gasteiger partial charge in [0.2, 0.25) is 0 Å². The smallest absolute Gasteiger partial charge is 0.336 e. The maximum Gasteiger partial charge on any atom is 0.336 e.